The SMILES string of the molecule is CCCCC[C@@H](C(=O)NCNC(=O)c1ccc(-c2cc(OCC)cc(P(=O)(OCc3ccccc3)OCc3ccccc3)c2)o1)[C@@H](CC)N(C=O)OC(=O)c1cccc(N2CCCC2)c1. The van der Waals surface area contributed by atoms with E-state index in [0.29, 0.717) is 49.2 Å². The second-order valence-electron chi connectivity index (χ2n) is 15.7. The standard InChI is InChI=1S/C50H59N4O10P/c1-4-7-10-24-44(45(5-2)54(36-55)64-50(58)39-22-17-23-41(29-39)53-27-15-16-28-53)48(56)51-35-52-49(57)47-26-25-46(63-47)40-30-42(60-6-3)32-43(31-40)65(59,61-33-37-18-11-8-12-19-37)62-34-38-20-13-9-14-21-38/h8-9,11-14,17-23,25-26,29-32,36,44-45H,4-7,10,15-16,24,27-28,33-35H2,1-3H3,(H,51,56)(H,52,57)/t44-,45-/m1/s1. The normalized spacial score (nSPS) is 13.4. The zero-order valence-corrected chi connectivity index (χ0v) is 38.2. The molecular weight excluding hydrogens is 848 g/mol. The molecule has 2 N–H and O–H groups in total. The molecule has 0 bridgehead atoms. The van der Waals surface area contributed by atoms with E-state index in [1.807, 2.05) is 87.5 Å². The third-order valence-electron chi connectivity index (χ3n) is 11.1. The molecule has 0 radical (unpaired) electrons. The predicted octanol–water partition coefficient (Wildman–Crippen LogP) is 9.21. The Morgan fingerprint density at radius 1 is 0.815 bits per heavy atom. The molecule has 15 heteroatoms. The van der Waals surface area contributed by atoms with Crippen molar-refractivity contribution in [2.24, 2.45) is 5.92 Å². The van der Waals surface area contributed by atoms with Crippen LogP contribution in [0.4, 0.5) is 5.69 Å². The summed E-state index contributed by atoms with van der Waals surface area (Å²) in [6.07, 6.45) is 5.81. The molecule has 0 spiro atoms. The summed E-state index contributed by atoms with van der Waals surface area (Å²) in [4.78, 5) is 60.9. The van der Waals surface area contributed by atoms with E-state index in [1.54, 1.807) is 42.5 Å². The van der Waals surface area contributed by atoms with Gasteiger partial charge in [0.15, 0.2) is 5.76 Å². The van der Waals surface area contributed by atoms with Gasteiger partial charge in [0.2, 0.25) is 12.3 Å². The van der Waals surface area contributed by atoms with Crippen LogP contribution in [0.1, 0.15) is 97.8 Å². The Kier molecular flexibility index (Phi) is 18.0. The molecule has 0 saturated carbocycles. The number of unbranched alkanes of at least 4 members (excludes halogenated alkanes) is 2. The van der Waals surface area contributed by atoms with Crippen LogP contribution in [0, 0.1) is 5.92 Å². The number of carbonyl (C=O) groups is 4. The van der Waals surface area contributed by atoms with Gasteiger partial charge in [-0.3, -0.25) is 18.9 Å². The lowest BCUT2D eigenvalue weighted by Gasteiger charge is -2.32. The topological polar surface area (TPSA) is 166 Å². The average Bonchev–Trinajstić information content (AvgIpc) is 4.07. The Morgan fingerprint density at radius 3 is 2.14 bits per heavy atom. The van der Waals surface area contributed by atoms with Crippen LogP contribution < -0.4 is 25.6 Å². The van der Waals surface area contributed by atoms with Crippen molar-refractivity contribution in [2.75, 3.05) is 31.3 Å². The zero-order chi connectivity index (χ0) is 46.0. The fraction of sp³-hybridized carbons (Fsp3) is 0.360. The summed E-state index contributed by atoms with van der Waals surface area (Å²) in [6, 6.07) is 33.2. The minimum absolute atomic E-state index is 0.0259. The maximum absolute atomic E-state index is 14.7. The quantitative estimate of drug-likeness (QED) is 0.0189. The molecule has 2 heterocycles. The van der Waals surface area contributed by atoms with Crippen LogP contribution in [0.5, 0.6) is 5.75 Å². The number of ether oxygens (including phenoxy) is 1. The third-order valence-corrected chi connectivity index (χ3v) is 13.0. The molecule has 2 atom stereocenters. The van der Waals surface area contributed by atoms with Crippen LogP contribution in [0.2, 0.25) is 0 Å². The summed E-state index contributed by atoms with van der Waals surface area (Å²) >= 11 is 0. The number of rotatable bonds is 25. The number of nitrogens with zero attached hydrogens (tertiary/aromatic N) is 2. The smallest absolute Gasteiger partial charge is 0.363 e. The molecule has 1 saturated heterocycles. The molecule has 4 aromatic carbocycles. The molecular formula is C50H59N4O10P. The minimum atomic E-state index is -3.99. The van der Waals surface area contributed by atoms with Gasteiger partial charge >= 0.3 is 13.6 Å². The highest BCUT2D eigenvalue weighted by molar-refractivity contribution is 7.62. The molecule has 344 valence electrons. The highest BCUT2D eigenvalue weighted by atomic mass is 31.2. The molecule has 5 aromatic rings. The van der Waals surface area contributed by atoms with Crippen molar-refractivity contribution >= 4 is 42.8 Å². The summed E-state index contributed by atoms with van der Waals surface area (Å²) in [5.41, 5.74) is 3.30. The summed E-state index contributed by atoms with van der Waals surface area (Å²) < 4.78 is 38.8. The number of hydroxylamine groups is 2. The molecule has 0 unspecified atom stereocenters. The minimum Gasteiger partial charge on any atom is -0.494 e. The Morgan fingerprint density at radius 2 is 1.51 bits per heavy atom. The van der Waals surface area contributed by atoms with Crippen LogP contribution in [0.3, 0.4) is 0 Å². The molecule has 65 heavy (non-hydrogen) atoms. The Bertz CT molecular complexity index is 2320. The molecule has 1 aliphatic heterocycles. The lowest BCUT2D eigenvalue weighted by atomic mass is 9.90. The van der Waals surface area contributed by atoms with E-state index in [0.717, 1.165) is 60.7 Å². The van der Waals surface area contributed by atoms with E-state index in [9.17, 15) is 23.7 Å². The van der Waals surface area contributed by atoms with Gasteiger partial charge in [0, 0.05) is 24.3 Å². The number of hydrogen-bond acceptors (Lipinski definition) is 11. The number of furan rings is 1. The van der Waals surface area contributed by atoms with Crippen LogP contribution >= 0.6 is 7.60 Å². The van der Waals surface area contributed by atoms with E-state index >= 15 is 0 Å². The summed E-state index contributed by atoms with van der Waals surface area (Å²) in [7, 11) is -3.99. The zero-order valence-electron chi connectivity index (χ0n) is 37.3. The van der Waals surface area contributed by atoms with Gasteiger partial charge in [-0.15, -0.1) is 0 Å². The Balaban J connectivity index is 1.13. The first kappa shape index (κ1) is 48.3. The lowest BCUT2D eigenvalue weighted by molar-refractivity contribution is -0.171. The van der Waals surface area contributed by atoms with Gasteiger partial charge < -0.3 is 38.6 Å². The first-order valence-electron chi connectivity index (χ1n) is 22.4. The summed E-state index contributed by atoms with van der Waals surface area (Å²) in [5.74, 6) is -1.82. The van der Waals surface area contributed by atoms with Gasteiger partial charge in [-0.2, -0.15) is 5.06 Å². The fourth-order valence-corrected chi connectivity index (χ4v) is 9.30. The van der Waals surface area contributed by atoms with Crippen LogP contribution in [-0.4, -0.2) is 61.7 Å². The number of anilines is 1. The van der Waals surface area contributed by atoms with Gasteiger partial charge in [0.25, 0.3) is 5.91 Å². The molecule has 1 fully saturated rings. The predicted molar refractivity (Wildman–Crippen MR) is 248 cm³/mol. The van der Waals surface area contributed by atoms with E-state index in [2.05, 4.69) is 15.5 Å². The largest absolute Gasteiger partial charge is 0.494 e. The fourth-order valence-electron chi connectivity index (χ4n) is 7.71. The van der Waals surface area contributed by atoms with E-state index in [1.165, 1.54) is 6.07 Å². The number of carbonyl (C=O) groups excluding carboxylic acids is 4. The highest BCUT2D eigenvalue weighted by Gasteiger charge is 2.34. The second kappa shape index (κ2) is 24.2. The number of amides is 3. The molecule has 0 aliphatic carbocycles. The first-order chi connectivity index (χ1) is 31.6. The van der Waals surface area contributed by atoms with Crippen molar-refractivity contribution in [2.45, 2.75) is 85.0 Å². The van der Waals surface area contributed by atoms with Crippen molar-refractivity contribution in [1.29, 1.82) is 0 Å². The van der Waals surface area contributed by atoms with Gasteiger partial charge in [0.05, 0.1) is 49.3 Å². The monoisotopic (exact) mass is 906 g/mol. The van der Waals surface area contributed by atoms with E-state index in [4.69, 9.17) is 23.0 Å². The van der Waals surface area contributed by atoms with Crippen molar-refractivity contribution in [3.63, 3.8) is 0 Å². The Hall–Kier alpha value is -6.21. The first-order valence-corrected chi connectivity index (χ1v) is 23.9. The van der Waals surface area contributed by atoms with Gasteiger partial charge in [-0.1, -0.05) is 99.8 Å². The average molecular weight is 907 g/mol. The van der Waals surface area contributed by atoms with Gasteiger partial charge in [-0.25, -0.2) is 4.79 Å². The second-order valence-corrected chi connectivity index (χ2v) is 17.7. The van der Waals surface area contributed by atoms with Gasteiger partial charge in [0.1, 0.15) is 11.5 Å². The maximum Gasteiger partial charge on any atom is 0.363 e. The summed E-state index contributed by atoms with van der Waals surface area (Å²) in [5, 5.41) is 6.65. The van der Waals surface area contributed by atoms with Crippen molar-refractivity contribution in [3.8, 4) is 17.1 Å². The van der Waals surface area contributed by atoms with Crippen LogP contribution in [0.25, 0.3) is 11.3 Å². The maximum atomic E-state index is 14.7. The number of nitrogens with one attached hydrogen (secondary N) is 2. The van der Waals surface area contributed by atoms with Crippen LogP contribution in [-0.2, 0) is 41.3 Å². The Labute approximate surface area is 381 Å². The van der Waals surface area contributed by atoms with Crippen molar-refractivity contribution in [1.82, 2.24) is 15.7 Å². The van der Waals surface area contributed by atoms with E-state index in [-0.39, 0.29) is 36.7 Å². The highest BCUT2D eigenvalue weighted by Crippen LogP contribution is 2.50. The lowest BCUT2D eigenvalue weighted by Crippen LogP contribution is -2.49. The molecule has 6 rings (SSSR count). The van der Waals surface area contributed by atoms with Crippen LogP contribution in [0.15, 0.2) is 120 Å². The van der Waals surface area contributed by atoms with Crippen molar-refractivity contribution < 1.29 is 46.8 Å². The van der Waals surface area contributed by atoms with Gasteiger partial charge in [-0.05, 0) is 92.3 Å². The van der Waals surface area contributed by atoms with E-state index < -0.39 is 37.3 Å². The summed E-state index contributed by atoms with van der Waals surface area (Å²) in [6.45, 7) is 7.64. The van der Waals surface area contributed by atoms with Crippen molar-refractivity contribution in [3.05, 3.63) is 138 Å². The third kappa shape index (κ3) is 13.4. The molecule has 1 aromatic heterocycles. The molecule has 3 amide bonds. The molecule has 1 aliphatic rings. The molecule has 14 nitrogen and oxygen atoms in total. The number of benzene rings is 4. The number of hydrogen-bond donors (Lipinski definition) is 2.